The zero-order valence-electron chi connectivity index (χ0n) is 13.8. The average Bonchev–Trinajstić information content (AvgIpc) is 3.15. The van der Waals surface area contributed by atoms with Crippen LogP contribution in [0.2, 0.25) is 0 Å². The molecule has 0 saturated carbocycles. The van der Waals surface area contributed by atoms with Crippen molar-refractivity contribution in [2.24, 2.45) is 4.99 Å². The fraction of sp³-hybridized carbons (Fsp3) is 0.412. The minimum Gasteiger partial charge on any atom is -0.493 e. The van der Waals surface area contributed by atoms with Crippen LogP contribution in [0.5, 0.6) is 5.75 Å². The van der Waals surface area contributed by atoms with Crippen molar-refractivity contribution in [1.82, 2.24) is 4.57 Å². The van der Waals surface area contributed by atoms with Gasteiger partial charge in [-0.05, 0) is 19.1 Å². The van der Waals surface area contributed by atoms with Gasteiger partial charge in [0.15, 0.2) is 4.80 Å². The first kappa shape index (κ1) is 16.9. The molecule has 7 heteroatoms. The highest BCUT2D eigenvalue weighted by atomic mass is 32.1. The van der Waals surface area contributed by atoms with Gasteiger partial charge >= 0.3 is 0 Å². The lowest BCUT2D eigenvalue weighted by molar-refractivity contribution is 0.0992. The molecule has 0 atom stereocenters. The third-order valence-electron chi connectivity index (χ3n) is 3.70. The predicted molar refractivity (Wildman–Crippen MR) is 90.2 cm³/mol. The van der Waals surface area contributed by atoms with E-state index in [0.717, 1.165) is 10.6 Å². The summed E-state index contributed by atoms with van der Waals surface area (Å²) in [5.74, 6) is 0.260. The summed E-state index contributed by atoms with van der Waals surface area (Å²) in [6, 6.07) is 7.18. The quantitative estimate of drug-likeness (QED) is 0.804. The van der Waals surface area contributed by atoms with Crippen molar-refractivity contribution in [2.45, 2.75) is 26.7 Å². The molecule has 0 saturated heterocycles. The molecule has 0 fully saturated rings. The number of para-hydroxylation sites is 1. The summed E-state index contributed by atoms with van der Waals surface area (Å²) in [6.45, 7) is 4.72. The number of hydrogen-bond donors (Lipinski definition) is 0. The Kier molecular flexibility index (Phi) is 5.44. The van der Waals surface area contributed by atoms with Crippen molar-refractivity contribution >= 4 is 17.2 Å². The molecule has 1 aliphatic heterocycles. The van der Waals surface area contributed by atoms with Crippen molar-refractivity contribution < 1.29 is 19.0 Å². The number of fused-ring (bicyclic) bond motifs is 1. The van der Waals surface area contributed by atoms with E-state index < -0.39 is 0 Å². The van der Waals surface area contributed by atoms with Gasteiger partial charge in [-0.2, -0.15) is 4.99 Å². The maximum Gasteiger partial charge on any atom is 0.283 e. The molecular weight excluding hydrogens is 328 g/mol. The summed E-state index contributed by atoms with van der Waals surface area (Å²) in [5.41, 5.74) is 1.56. The number of methoxy groups -OCH3 is 1. The molecule has 2 heterocycles. The number of ether oxygens (including phenoxy) is 3. The molecular formula is C17H20N2O4S. The Bertz CT molecular complexity index is 794. The molecule has 0 aliphatic carbocycles. The number of benzene rings is 1. The average molecular weight is 348 g/mol. The summed E-state index contributed by atoms with van der Waals surface area (Å²) in [6.07, 6.45) is 0. The van der Waals surface area contributed by atoms with Crippen LogP contribution in [0.1, 0.15) is 27.9 Å². The Labute approximate surface area is 144 Å². The second kappa shape index (κ2) is 7.74. The second-order valence-corrected chi connectivity index (χ2v) is 6.30. The summed E-state index contributed by atoms with van der Waals surface area (Å²) in [4.78, 5) is 18.8. The van der Waals surface area contributed by atoms with E-state index in [4.69, 9.17) is 14.2 Å². The Balaban J connectivity index is 1.98. The molecule has 128 valence electrons. The van der Waals surface area contributed by atoms with Crippen molar-refractivity contribution in [3.05, 3.63) is 45.2 Å². The number of carbonyl (C=O) groups is 1. The Morgan fingerprint density at radius 3 is 3.00 bits per heavy atom. The molecule has 0 bridgehead atoms. The van der Waals surface area contributed by atoms with E-state index in [1.165, 1.54) is 11.3 Å². The lowest BCUT2D eigenvalue weighted by Gasteiger charge is -2.07. The van der Waals surface area contributed by atoms with E-state index in [9.17, 15) is 4.79 Å². The normalized spacial score (nSPS) is 14.0. The molecule has 1 aromatic heterocycles. The predicted octanol–water partition coefficient (Wildman–Crippen LogP) is 2.37. The lowest BCUT2D eigenvalue weighted by Crippen LogP contribution is -2.21. The zero-order chi connectivity index (χ0) is 16.9. The van der Waals surface area contributed by atoms with Crippen molar-refractivity contribution in [2.75, 3.05) is 20.3 Å². The Morgan fingerprint density at radius 1 is 1.38 bits per heavy atom. The topological polar surface area (TPSA) is 62.0 Å². The third kappa shape index (κ3) is 3.43. The van der Waals surface area contributed by atoms with Gasteiger partial charge in [0, 0.05) is 13.7 Å². The highest BCUT2D eigenvalue weighted by molar-refractivity contribution is 7.09. The minimum atomic E-state index is -0.300. The van der Waals surface area contributed by atoms with Crippen LogP contribution < -0.4 is 9.54 Å². The van der Waals surface area contributed by atoms with Crippen molar-refractivity contribution in [3.8, 4) is 5.75 Å². The molecule has 2 aromatic rings. The van der Waals surface area contributed by atoms with E-state index in [0.29, 0.717) is 49.1 Å². The fourth-order valence-corrected chi connectivity index (χ4v) is 3.66. The molecule has 0 radical (unpaired) electrons. The summed E-state index contributed by atoms with van der Waals surface area (Å²) in [7, 11) is 1.66. The number of carbonyl (C=O) groups excluding carboxylic acids is 1. The first-order chi connectivity index (χ1) is 11.7. The molecule has 3 rings (SSSR count). The maximum absolute atomic E-state index is 12.6. The van der Waals surface area contributed by atoms with E-state index in [1.54, 1.807) is 19.2 Å². The lowest BCUT2D eigenvalue weighted by atomic mass is 10.2. The van der Waals surface area contributed by atoms with Gasteiger partial charge in [-0.15, -0.1) is 0 Å². The van der Waals surface area contributed by atoms with Crippen molar-refractivity contribution in [1.29, 1.82) is 0 Å². The monoisotopic (exact) mass is 348 g/mol. The summed E-state index contributed by atoms with van der Waals surface area (Å²) >= 11 is 1.50. The molecule has 1 aromatic carbocycles. The van der Waals surface area contributed by atoms with Crippen LogP contribution >= 0.6 is 11.3 Å². The van der Waals surface area contributed by atoms with Gasteiger partial charge in [-0.3, -0.25) is 4.79 Å². The number of aromatic nitrogens is 1. The summed E-state index contributed by atoms with van der Waals surface area (Å²) < 4.78 is 18.2. The van der Waals surface area contributed by atoms with Crippen LogP contribution in [0.3, 0.4) is 0 Å². The Morgan fingerprint density at radius 2 is 2.21 bits per heavy atom. The summed E-state index contributed by atoms with van der Waals surface area (Å²) in [5, 5.41) is 0. The van der Waals surface area contributed by atoms with E-state index in [1.807, 2.05) is 23.6 Å². The number of thiazole rings is 1. The second-order valence-electron chi connectivity index (χ2n) is 5.24. The minimum absolute atomic E-state index is 0.300. The Hall–Kier alpha value is -1.96. The molecule has 24 heavy (non-hydrogen) atoms. The number of nitrogens with zero attached hydrogens (tertiary/aromatic N) is 2. The van der Waals surface area contributed by atoms with Crippen LogP contribution in [0.15, 0.2) is 29.3 Å². The standard InChI is InChI=1S/C17H20N2O4S/c1-3-23-14-7-5-4-6-12(14)16(20)18-17-19(8-9-21-2)13-10-22-11-15(13)24-17/h4-7H,3,8-11H2,1-2H3/b18-17-. The van der Waals surface area contributed by atoms with Crippen LogP contribution in [0, 0.1) is 0 Å². The molecule has 6 nitrogen and oxygen atoms in total. The molecule has 0 spiro atoms. The van der Waals surface area contributed by atoms with Crippen molar-refractivity contribution in [3.63, 3.8) is 0 Å². The number of amides is 1. The fourth-order valence-electron chi connectivity index (χ4n) is 2.57. The highest BCUT2D eigenvalue weighted by Gasteiger charge is 2.20. The largest absolute Gasteiger partial charge is 0.493 e. The SMILES string of the molecule is CCOc1ccccc1C(=O)/N=c1\sc2c(n1CCOC)COC2. The van der Waals surface area contributed by atoms with Gasteiger partial charge in [0.1, 0.15) is 5.75 Å². The van der Waals surface area contributed by atoms with Crippen LogP contribution in [0.25, 0.3) is 0 Å². The molecule has 1 aliphatic rings. The van der Waals surface area contributed by atoms with Gasteiger partial charge in [-0.1, -0.05) is 23.5 Å². The molecule has 1 amide bonds. The van der Waals surface area contributed by atoms with E-state index in [-0.39, 0.29) is 5.91 Å². The number of rotatable bonds is 6. The molecule has 0 unspecified atom stereocenters. The van der Waals surface area contributed by atoms with Crippen LogP contribution in [-0.2, 0) is 29.2 Å². The third-order valence-corrected chi connectivity index (χ3v) is 4.79. The zero-order valence-corrected chi connectivity index (χ0v) is 14.6. The van der Waals surface area contributed by atoms with Gasteiger partial charge in [0.25, 0.3) is 5.91 Å². The van der Waals surface area contributed by atoms with Gasteiger partial charge in [-0.25, -0.2) is 0 Å². The van der Waals surface area contributed by atoms with Gasteiger partial charge in [0.05, 0.1) is 42.6 Å². The van der Waals surface area contributed by atoms with E-state index >= 15 is 0 Å². The van der Waals surface area contributed by atoms with E-state index in [2.05, 4.69) is 4.99 Å². The van der Waals surface area contributed by atoms with Gasteiger partial charge in [0.2, 0.25) is 0 Å². The van der Waals surface area contributed by atoms with Gasteiger partial charge < -0.3 is 18.8 Å². The molecule has 0 N–H and O–H groups in total. The van der Waals surface area contributed by atoms with Crippen LogP contribution in [0.4, 0.5) is 0 Å². The highest BCUT2D eigenvalue weighted by Crippen LogP contribution is 2.23. The smallest absolute Gasteiger partial charge is 0.283 e. The first-order valence-electron chi connectivity index (χ1n) is 7.83. The maximum atomic E-state index is 12.6. The first-order valence-corrected chi connectivity index (χ1v) is 8.65. The van der Waals surface area contributed by atoms with Crippen LogP contribution in [-0.4, -0.2) is 30.8 Å². The number of hydrogen-bond acceptors (Lipinski definition) is 5.